The molecular formula is C17H24N2O3. The van der Waals surface area contributed by atoms with Crippen LogP contribution in [0, 0.1) is 5.92 Å². The van der Waals surface area contributed by atoms with E-state index in [0.717, 1.165) is 17.7 Å². The van der Waals surface area contributed by atoms with Crippen molar-refractivity contribution in [2.24, 2.45) is 5.92 Å². The summed E-state index contributed by atoms with van der Waals surface area (Å²) in [4.78, 5) is 26.8. The van der Waals surface area contributed by atoms with Crippen LogP contribution < -0.4 is 5.32 Å². The van der Waals surface area contributed by atoms with Crippen molar-refractivity contribution in [1.82, 2.24) is 4.90 Å². The Bertz CT molecular complexity index is 557. The Kier molecular flexibility index (Phi) is 5.19. The lowest BCUT2D eigenvalue weighted by atomic mass is 9.96. The molecule has 0 fully saturated rings. The van der Waals surface area contributed by atoms with Crippen molar-refractivity contribution < 1.29 is 14.7 Å². The van der Waals surface area contributed by atoms with E-state index in [9.17, 15) is 14.7 Å². The van der Waals surface area contributed by atoms with Crippen molar-refractivity contribution in [3.05, 3.63) is 29.8 Å². The highest BCUT2D eigenvalue weighted by Crippen LogP contribution is 2.27. The predicted molar refractivity (Wildman–Crippen MR) is 85.2 cm³/mol. The van der Waals surface area contributed by atoms with E-state index in [0.29, 0.717) is 6.54 Å². The van der Waals surface area contributed by atoms with Crippen LogP contribution in [0.2, 0.25) is 0 Å². The maximum atomic E-state index is 12.6. The van der Waals surface area contributed by atoms with Crippen LogP contribution in [0.4, 0.5) is 5.69 Å². The summed E-state index contributed by atoms with van der Waals surface area (Å²) in [5.41, 5.74) is 1.67. The topological polar surface area (TPSA) is 69.6 Å². The van der Waals surface area contributed by atoms with Crippen molar-refractivity contribution in [2.45, 2.75) is 52.3 Å². The summed E-state index contributed by atoms with van der Waals surface area (Å²) in [6, 6.07) is 7.01. The van der Waals surface area contributed by atoms with Gasteiger partial charge in [-0.1, -0.05) is 38.5 Å². The van der Waals surface area contributed by atoms with E-state index in [-0.39, 0.29) is 24.2 Å². The summed E-state index contributed by atoms with van der Waals surface area (Å²) in [6.45, 7) is 5.95. The number of hydrogen-bond donors (Lipinski definition) is 2. The molecular weight excluding hydrogens is 280 g/mol. The molecule has 1 heterocycles. The van der Waals surface area contributed by atoms with Gasteiger partial charge in [0.1, 0.15) is 6.04 Å². The van der Waals surface area contributed by atoms with Crippen molar-refractivity contribution >= 4 is 17.5 Å². The smallest absolute Gasteiger partial charge is 0.247 e. The predicted octanol–water partition coefficient (Wildman–Crippen LogP) is 2.15. The lowest BCUT2D eigenvalue weighted by Gasteiger charge is -2.32. The molecule has 1 aromatic carbocycles. The Morgan fingerprint density at radius 3 is 2.73 bits per heavy atom. The lowest BCUT2D eigenvalue weighted by Crippen LogP contribution is -2.49. The molecule has 0 saturated heterocycles. The molecule has 2 N–H and O–H groups in total. The quantitative estimate of drug-likeness (QED) is 0.895. The van der Waals surface area contributed by atoms with E-state index in [4.69, 9.17) is 0 Å². The van der Waals surface area contributed by atoms with Crippen LogP contribution in [0.15, 0.2) is 24.3 Å². The number of para-hydroxylation sites is 1. The summed E-state index contributed by atoms with van der Waals surface area (Å²) >= 11 is 0. The first-order valence-corrected chi connectivity index (χ1v) is 7.80. The molecule has 0 saturated carbocycles. The summed E-state index contributed by atoms with van der Waals surface area (Å²) in [7, 11) is 0. The second-order valence-electron chi connectivity index (χ2n) is 6.05. The number of nitrogens with zero attached hydrogens (tertiary/aromatic N) is 1. The normalized spacial score (nSPS) is 20.6. The summed E-state index contributed by atoms with van der Waals surface area (Å²) in [5.74, 6) is -0.294. The highest BCUT2D eigenvalue weighted by Gasteiger charge is 2.36. The van der Waals surface area contributed by atoms with Crippen LogP contribution in [-0.2, 0) is 16.1 Å². The molecule has 5 heteroatoms. The van der Waals surface area contributed by atoms with Gasteiger partial charge in [-0.15, -0.1) is 0 Å². The first-order chi connectivity index (χ1) is 10.4. The molecule has 120 valence electrons. The number of hydrogen-bond acceptors (Lipinski definition) is 3. The van der Waals surface area contributed by atoms with Crippen molar-refractivity contribution in [3.63, 3.8) is 0 Å². The molecule has 3 unspecified atom stereocenters. The van der Waals surface area contributed by atoms with E-state index in [1.807, 2.05) is 38.1 Å². The van der Waals surface area contributed by atoms with Crippen LogP contribution in [-0.4, -0.2) is 34.0 Å². The van der Waals surface area contributed by atoms with E-state index >= 15 is 0 Å². The number of aliphatic hydroxyl groups excluding tert-OH is 1. The Hall–Kier alpha value is -1.88. The molecule has 0 radical (unpaired) electrons. The minimum absolute atomic E-state index is 0.0301. The van der Waals surface area contributed by atoms with Gasteiger partial charge in [-0.2, -0.15) is 0 Å². The van der Waals surface area contributed by atoms with Crippen molar-refractivity contribution in [1.29, 1.82) is 0 Å². The molecule has 22 heavy (non-hydrogen) atoms. The number of amides is 2. The number of carbonyl (C=O) groups excluding carboxylic acids is 2. The van der Waals surface area contributed by atoms with E-state index < -0.39 is 12.1 Å². The molecule has 0 spiro atoms. The monoisotopic (exact) mass is 304 g/mol. The van der Waals surface area contributed by atoms with Crippen LogP contribution >= 0.6 is 0 Å². The Morgan fingerprint density at radius 2 is 2.09 bits per heavy atom. The third-order valence-electron chi connectivity index (χ3n) is 4.19. The first kappa shape index (κ1) is 16.5. The molecule has 1 aliphatic heterocycles. The fourth-order valence-corrected chi connectivity index (χ4v) is 2.81. The van der Waals surface area contributed by atoms with Gasteiger partial charge in [-0.25, -0.2) is 0 Å². The Morgan fingerprint density at radius 1 is 1.41 bits per heavy atom. The number of anilines is 1. The highest BCUT2D eigenvalue weighted by atomic mass is 16.3. The van der Waals surface area contributed by atoms with Crippen molar-refractivity contribution in [2.75, 3.05) is 5.32 Å². The average molecular weight is 304 g/mol. The highest BCUT2D eigenvalue weighted by molar-refractivity contribution is 5.99. The summed E-state index contributed by atoms with van der Waals surface area (Å²) in [6.07, 6.45) is 0.113. The number of nitrogens with one attached hydrogen (secondary N) is 1. The van der Waals surface area contributed by atoms with Gasteiger partial charge in [0.05, 0.1) is 12.5 Å². The molecule has 5 nitrogen and oxygen atoms in total. The number of carbonyl (C=O) groups is 2. The second-order valence-corrected chi connectivity index (χ2v) is 6.05. The maximum Gasteiger partial charge on any atom is 0.247 e. The standard InChI is InChI=1S/C17H24N2O3/c1-4-11(2)16-17(22)18-14-8-6-5-7-13(14)10-19(16)15(21)9-12(3)20/h5-8,11-12,16,20H,4,9-10H2,1-3H3,(H,18,22). The number of benzene rings is 1. The molecule has 2 amide bonds. The molecule has 0 aliphatic carbocycles. The van der Waals surface area contributed by atoms with Crippen LogP contribution in [0.5, 0.6) is 0 Å². The van der Waals surface area contributed by atoms with Gasteiger partial charge in [0, 0.05) is 12.2 Å². The van der Waals surface area contributed by atoms with Gasteiger partial charge < -0.3 is 15.3 Å². The maximum absolute atomic E-state index is 12.6. The fraction of sp³-hybridized carbons (Fsp3) is 0.529. The van der Waals surface area contributed by atoms with Gasteiger partial charge in [0.25, 0.3) is 0 Å². The number of aliphatic hydroxyl groups is 1. The first-order valence-electron chi connectivity index (χ1n) is 7.80. The second kappa shape index (κ2) is 6.92. The third-order valence-corrected chi connectivity index (χ3v) is 4.19. The number of fused-ring (bicyclic) bond motifs is 1. The van der Waals surface area contributed by atoms with E-state index in [1.54, 1.807) is 11.8 Å². The summed E-state index contributed by atoms with van der Waals surface area (Å²) in [5, 5.41) is 12.4. The molecule has 2 rings (SSSR count). The van der Waals surface area contributed by atoms with Gasteiger partial charge in [0.2, 0.25) is 11.8 Å². The summed E-state index contributed by atoms with van der Waals surface area (Å²) < 4.78 is 0. The SMILES string of the molecule is CCC(C)C1C(=O)Nc2ccccc2CN1C(=O)CC(C)O. The average Bonchev–Trinajstić information content (AvgIpc) is 2.61. The largest absolute Gasteiger partial charge is 0.393 e. The van der Waals surface area contributed by atoms with Gasteiger partial charge >= 0.3 is 0 Å². The van der Waals surface area contributed by atoms with Gasteiger partial charge in [-0.05, 0) is 24.5 Å². The Balaban J connectivity index is 2.39. The molecule has 1 aromatic rings. The third kappa shape index (κ3) is 3.47. The Labute approximate surface area is 131 Å². The minimum Gasteiger partial charge on any atom is -0.393 e. The van der Waals surface area contributed by atoms with Crippen LogP contribution in [0.3, 0.4) is 0 Å². The zero-order chi connectivity index (χ0) is 16.3. The van der Waals surface area contributed by atoms with Gasteiger partial charge in [0.15, 0.2) is 0 Å². The van der Waals surface area contributed by atoms with E-state index in [1.165, 1.54) is 0 Å². The fourth-order valence-electron chi connectivity index (χ4n) is 2.81. The molecule has 0 bridgehead atoms. The van der Waals surface area contributed by atoms with E-state index in [2.05, 4.69) is 5.32 Å². The van der Waals surface area contributed by atoms with Crippen LogP contribution in [0.1, 0.15) is 39.2 Å². The van der Waals surface area contributed by atoms with Gasteiger partial charge in [-0.3, -0.25) is 9.59 Å². The molecule has 3 atom stereocenters. The van der Waals surface area contributed by atoms with Crippen molar-refractivity contribution in [3.8, 4) is 0 Å². The molecule has 1 aliphatic rings. The zero-order valence-corrected chi connectivity index (χ0v) is 13.4. The zero-order valence-electron chi connectivity index (χ0n) is 13.4. The minimum atomic E-state index is -0.716. The lowest BCUT2D eigenvalue weighted by molar-refractivity contribution is -0.142. The van der Waals surface area contributed by atoms with Crippen LogP contribution in [0.25, 0.3) is 0 Å². The number of rotatable bonds is 4. The molecule has 0 aromatic heterocycles.